The number of carbonyl (C=O) groups excluding carboxylic acids is 2. The summed E-state index contributed by atoms with van der Waals surface area (Å²) in [6.07, 6.45) is 6.05. The van der Waals surface area contributed by atoms with Crippen LogP contribution < -0.4 is 18.9 Å². The van der Waals surface area contributed by atoms with Crippen molar-refractivity contribution >= 4 is 23.7 Å². The van der Waals surface area contributed by atoms with Crippen LogP contribution in [-0.2, 0) is 16.0 Å². The van der Waals surface area contributed by atoms with Gasteiger partial charge in [0.25, 0.3) is 0 Å². The summed E-state index contributed by atoms with van der Waals surface area (Å²) in [6.45, 7) is 0.541. The number of hydrogen-bond donors (Lipinski definition) is 2. The van der Waals surface area contributed by atoms with Crippen molar-refractivity contribution in [1.29, 1.82) is 0 Å². The average molecular weight is 503 g/mol. The fraction of sp³-hybridized carbons (Fsp3) is 0.172. The Morgan fingerprint density at radius 3 is 2.14 bits per heavy atom. The Kier molecular flexibility index (Phi) is 8.10. The van der Waals surface area contributed by atoms with Crippen LogP contribution in [0.3, 0.4) is 0 Å². The molecule has 4 rings (SSSR count). The molecule has 0 aromatic heterocycles. The number of rotatable bonds is 11. The van der Waals surface area contributed by atoms with Crippen molar-refractivity contribution in [2.45, 2.75) is 12.8 Å². The number of carbonyl (C=O) groups is 2. The number of methoxy groups -OCH3 is 1. The minimum absolute atomic E-state index is 0.00113. The summed E-state index contributed by atoms with van der Waals surface area (Å²) in [7, 11) is 1.43. The zero-order chi connectivity index (χ0) is 26.2. The molecular weight excluding hydrogens is 476 g/mol. The van der Waals surface area contributed by atoms with Crippen LogP contribution in [0.4, 0.5) is 0 Å². The molecule has 190 valence electrons. The number of hydrogen-bond acceptors (Lipinski definition) is 8. The summed E-state index contributed by atoms with van der Waals surface area (Å²) < 4.78 is 21.5. The first-order valence-electron chi connectivity index (χ1n) is 11.5. The molecule has 0 unspecified atom stereocenters. The SMILES string of the molecule is COc1cc(C=CC(=O)CC(=O)C=Cc2ccc(O)c(OCCc3ccc4c(c3)OCO4)c2)ccc1O. The monoisotopic (exact) mass is 502 g/mol. The number of phenols is 2. The van der Waals surface area contributed by atoms with E-state index in [1.165, 1.54) is 31.4 Å². The Labute approximate surface area is 214 Å². The Balaban J connectivity index is 1.29. The third-order valence-electron chi connectivity index (χ3n) is 5.54. The molecule has 0 amide bonds. The molecule has 37 heavy (non-hydrogen) atoms. The topological polar surface area (TPSA) is 112 Å². The van der Waals surface area contributed by atoms with Crippen molar-refractivity contribution in [3.8, 4) is 34.5 Å². The molecule has 0 fully saturated rings. The highest BCUT2D eigenvalue weighted by Gasteiger charge is 2.13. The summed E-state index contributed by atoms with van der Waals surface area (Å²) in [6, 6.07) is 15.1. The van der Waals surface area contributed by atoms with Gasteiger partial charge in [-0.15, -0.1) is 0 Å². The highest BCUT2D eigenvalue weighted by Crippen LogP contribution is 2.33. The van der Waals surface area contributed by atoms with Crippen LogP contribution >= 0.6 is 0 Å². The van der Waals surface area contributed by atoms with Crippen LogP contribution in [0, 0.1) is 0 Å². The largest absolute Gasteiger partial charge is 0.504 e. The van der Waals surface area contributed by atoms with Crippen molar-refractivity contribution in [2.24, 2.45) is 0 Å². The highest BCUT2D eigenvalue weighted by atomic mass is 16.7. The number of allylic oxidation sites excluding steroid dienone is 2. The second kappa shape index (κ2) is 11.8. The van der Waals surface area contributed by atoms with E-state index in [1.54, 1.807) is 36.4 Å². The normalized spacial score (nSPS) is 12.2. The van der Waals surface area contributed by atoms with Gasteiger partial charge in [0.1, 0.15) is 0 Å². The van der Waals surface area contributed by atoms with Gasteiger partial charge in [-0.2, -0.15) is 0 Å². The van der Waals surface area contributed by atoms with E-state index in [0.717, 1.165) is 5.56 Å². The first-order valence-corrected chi connectivity index (χ1v) is 11.5. The van der Waals surface area contributed by atoms with Crippen molar-refractivity contribution in [3.63, 3.8) is 0 Å². The fourth-order valence-electron chi connectivity index (χ4n) is 3.59. The first kappa shape index (κ1) is 25.4. The van der Waals surface area contributed by atoms with E-state index in [0.29, 0.717) is 47.2 Å². The van der Waals surface area contributed by atoms with Gasteiger partial charge >= 0.3 is 0 Å². The Morgan fingerprint density at radius 1 is 0.838 bits per heavy atom. The number of benzene rings is 3. The molecule has 3 aromatic rings. The van der Waals surface area contributed by atoms with E-state index < -0.39 is 0 Å². The maximum Gasteiger partial charge on any atom is 0.231 e. The second-order valence-corrected chi connectivity index (χ2v) is 8.22. The third kappa shape index (κ3) is 6.91. The lowest BCUT2D eigenvalue weighted by Gasteiger charge is -2.09. The molecule has 0 atom stereocenters. The van der Waals surface area contributed by atoms with Gasteiger partial charge in [0, 0.05) is 6.42 Å². The molecule has 0 saturated heterocycles. The quantitative estimate of drug-likeness (QED) is 0.286. The van der Waals surface area contributed by atoms with Gasteiger partial charge in [0.15, 0.2) is 46.1 Å². The number of fused-ring (bicyclic) bond motifs is 1. The molecule has 0 spiro atoms. The molecular formula is C29H26O8. The van der Waals surface area contributed by atoms with E-state index in [1.807, 2.05) is 18.2 Å². The van der Waals surface area contributed by atoms with Crippen LogP contribution in [0.1, 0.15) is 23.1 Å². The number of aromatic hydroxyl groups is 2. The van der Waals surface area contributed by atoms with Crippen LogP contribution in [0.15, 0.2) is 66.7 Å². The molecule has 0 bridgehead atoms. The fourth-order valence-corrected chi connectivity index (χ4v) is 3.59. The second-order valence-electron chi connectivity index (χ2n) is 8.22. The molecule has 2 N–H and O–H groups in total. The third-order valence-corrected chi connectivity index (χ3v) is 5.54. The van der Waals surface area contributed by atoms with Gasteiger partial charge in [-0.05, 0) is 65.2 Å². The zero-order valence-corrected chi connectivity index (χ0v) is 20.2. The lowest BCUT2D eigenvalue weighted by molar-refractivity contribution is -0.121. The zero-order valence-electron chi connectivity index (χ0n) is 20.2. The summed E-state index contributed by atoms with van der Waals surface area (Å²) >= 11 is 0. The minimum Gasteiger partial charge on any atom is -0.504 e. The number of ketones is 2. The number of phenolic OH excluding ortho intramolecular Hbond substituents is 2. The van der Waals surface area contributed by atoms with E-state index in [9.17, 15) is 19.8 Å². The van der Waals surface area contributed by atoms with Crippen LogP contribution in [0.25, 0.3) is 12.2 Å². The van der Waals surface area contributed by atoms with Crippen molar-refractivity contribution in [1.82, 2.24) is 0 Å². The van der Waals surface area contributed by atoms with Crippen molar-refractivity contribution in [3.05, 3.63) is 83.4 Å². The van der Waals surface area contributed by atoms with E-state index >= 15 is 0 Å². The van der Waals surface area contributed by atoms with Crippen molar-refractivity contribution < 1.29 is 38.7 Å². The Bertz CT molecular complexity index is 1360. The highest BCUT2D eigenvalue weighted by molar-refractivity contribution is 6.10. The van der Waals surface area contributed by atoms with E-state index in [4.69, 9.17) is 18.9 Å². The minimum atomic E-state index is -0.365. The summed E-state index contributed by atoms with van der Waals surface area (Å²) in [5.41, 5.74) is 2.30. The molecule has 8 heteroatoms. The smallest absolute Gasteiger partial charge is 0.231 e. The lowest BCUT2D eigenvalue weighted by atomic mass is 10.1. The number of ether oxygens (including phenoxy) is 4. The summed E-state index contributed by atoms with van der Waals surface area (Å²) in [5, 5.41) is 19.8. The van der Waals surface area contributed by atoms with E-state index in [2.05, 4.69) is 0 Å². The van der Waals surface area contributed by atoms with Crippen LogP contribution in [0.5, 0.6) is 34.5 Å². The molecule has 0 aliphatic carbocycles. The Morgan fingerprint density at radius 2 is 1.46 bits per heavy atom. The predicted octanol–water partition coefficient (Wildman–Crippen LogP) is 4.71. The first-order chi connectivity index (χ1) is 17.9. The van der Waals surface area contributed by atoms with Gasteiger partial charge in [-0.25, -0.2) is 0 Å². The van der Waals surface area contributed by atoms with Gasteiger partial charge in [0.05, 0.1) is 20.1 Å². The average Bonchev–Trinajstić information content (AvgIpc) is 3.36. The predicted molar refractivity (Wildman–Crippen MR) is 137 cm³/mol. The maximum atomic E-state index is 12.3. The standard InChI is InChI=1S/C29H26O8/c1-34-27-14-19(4-9-24(27)32)2-7-22(30)17-23(31)8-3-20-5-10-25(33)28(15-20)35-13-12-21-6-11-26-29(16-21)37-18-36-26/h2-11,14-16,32-33H,12-13,17-18H2,1H3. The lowest BCUT2D eigenvalue weighted by Crippen LogP contribution is -2.02. The molecule has 8 nitrogen and oxygen atoms in total. The van der Waals surface area contributed by atoms with Gasteiger partial charge in [-0.1, -0.05) is 30.4 Å². The molecule has 1 heterocycles. The molecule has 1 aliphatic rings. The van der Waals surface area contributed by atoms with Gasteiger partial charge in [-0.3, -0.25) is 9.59 Å². The molecule has 0 radical (unpaired) electrons. The molecule has 1 aliphatic heterocycles. The summed E-state index contributed by atoms with van der Waals surface area (Å²) in [5.74, 6) is 1.26. The van der Waals surface area contributed by atoms with Crippen molar-refractivity contribution in [2.75, 3.05) is 20.5 Å². The van der Waals surface area contributed by atoms with E-state index in [-0.39, 0.29) is 36.3 Å². The summed E-state index contributed by atoms with van der Waals surface area (Å²) in [4.78, 5) is 24.4. The molecule has 3 aromatic carbocycles. The van der Waals surface area contributed by atoms with Gasteiger partial charge in [0.2, 0.25) is 6.79 Å². The Hall–Kier alpha value is -4.72. The van der Waals surface area contributed by atoms with Gasteiger partial charge < -0.3 is 29.2 Å². The van der Waals surface area contributed by atoms with Crippen LogP contribution in [-0.4, -0.2) is 42.3 Å². The molecule has 0 saturated carbocycles. The van der Waals surface area contributed by atoms with Crippen LogP contribution in [0.2, 0.25) is 0 Å². The maximum absolute atomic E-state index is 12.3.